The highest BCUT2D eigenvalue weighted by Crippen LogP contribution is 2.23. The van der Waals surface area contributed by atoms with Crippen LogP contribution >= 0.6 is 0 Å². The van der Waals surface area contributed by atoms with Crippen molar-refractivity contribution in [2.24, 2.45) is 0 Å². The first-order valence-corrected chi connectivity index (χ1v) is 24.1. The summed E-state index contributed by atoms with van der Waals surface area (Å²) in [5.41, 5.74) is 0. The molecule has 0 bridgehead atoms. The lowest BCUT2D eigenvalue weighted by atomic mass is 9.99. The van der Waals surface area contributed by atoms with Gasteiger partial charge in [0.1, 0.15) is 31.0 Å². The van der Waals surface area contributed by atoms with E-state index in [0.29, 0.717) is 6.42 Å². The average molecular weight is 815 g/mol. The second-order valence-corrected chi connectivity index (χ2v) is 16.9. The van der Waals surface area contributed by atoms with Gasteiger partial charge in [0.15, 0.2) is 12.4 Å². The Morgan fingerprint density at radius 1 is 0.474 bits per heavy atom. The first-order chi connectivity index (χ1) is 27.8. The minimum Gasteiger partial charge on any atom is -0.462 e. The third-order valence-electron chi connectivity index (χ3n) is 11.5. The molecule has 6 atom stereocenters. The molecule has 10 heteroatoms. The summed E-state index contributed by atoms with van der Waals surface area (Å²) in [6.45, 7) is 3.45. The molecule has 0 aromatic heterocycles. The molecule has 0 saturated carbocycles. The maximum atomic E-state index is 12.8. The molecule has 4 N–H and O–H groups in total. The predicted octanol–water partition coefficient (Wildman–Crippen LogP) is 10.6. The third-order valence-corrected chi connectivity index (χ3v) is 11.5. The molecule has 10 nitrogen and oxygen atoms in total. The van der Waals surface area contributed by atoms with E-state index in [1.54, 1.807) is 0 Å². The van der Waals surface area contributed by atoms with Crippen LogP contribution in [0.2, 0.25) is 0 Å². The largest absolute Gasteiger partial charge is 0.462 e. The Bertz CT molecular complexity index is 901. The molecule has 1 rings (SSSR count). The van der Waals surface area contributed by atoms with Crippen LogP contribution in [0.4, 0.5) is 0 Å². The zero-order valence-electron chi connectivity index (χ0n) is 36.9. The minimum absolute atomic E-state index is 0.209. The van der Waals surface area contributed by atoms with E-state index in [1.807, 2.05) is 0 Å². The van der Waals surface area contributed by atoms with Crippen molar-refractivity contribution in [2.75, 3.05) is 19.8 Å². The third kappa shape index (κ3) is 30.4. The van der Waals surface area contributed by atoms with E-state index >= 15 is 0 Å². The SMILES string of the molecule is CCCCCCCCCCCCCCCCCCCCCCCC(=O)OC(COC(=O)CCCCCCCCCCCCC)COC1OC(CO)C(O)C(O)C1O. The first kappa shape index (κ1) is 53.7. The van der Waals surface area contributed by atoms with Gasteiger partial charge in [-0.3, -0.25) is 9.59 Å². The van der Waals surface area contributed by atoms with E-state index in [1.165, 1.54) is 161 Å². The summed E-state index contributed by atoms with van der Waals surface area (Å²) < 4.78 is 22.2. The summed E-state index contributed by atoms with van der Waals surface area (Å²) in [5.74, 6) is -0.791. The van der Waals surface area contributed by atoms with Crippen LogP contribution in [0.25, 0.3) is 0 Å². The first-order valence-electron chi connectivity index (χ1n) is 24.1. The van der Waals surface area contributed by atoms with Crippen molar-refractivity contribution in [2.45, 2.75) is 269 Å². The molecule has 1 aliphatic rings. The van der Waals surface area contributed by atoms with Crippen molar-refractivity contribution in [1.29, 1.82) is 0 Å². The van der Waals surface area contributed by atoms with Crippen molar-refractivity contribution >= 4 is 11.9 Å². The average Bonchev–Trinajstić information content (AvgIpc) is 3.21. The van der Waals surface area contributed by atoms with Crippen LogP contribution in [-0.4, -0.2) is 89.0 Å². The van der Waals surface area contributed by atoms with E-state index < -0.39 is 49.4 Å². The van der Waals surface area contributed by atoms with Crippen LogP contribution in [0.3, 0.4) is 0 Å². The number of hydrogen-bond donors (Lipinski definition) is 4. The lowest BCUT2D eigenvalue weighted by molar-refractivity contribution is -0.305. The van der Waals surface area contributed by atoms with Gasteiger partial charge >= 0.3 is 11.9 Å². The molecule has 6 unspecified atom stereocenters. The standard InChI is InChI=1S/C47H90O10/c1-3-5-7-9-11-13-15-16-17-18-19-20-21-22-23-24-26-28-30-32-34-36-43(50)56-40(39-55-47-46(53)45(52)44(51)41(37-48)57-47)38-54-42(49)35-33-31-29-27-25-14-12-10-8-6-4-2/h40-41,44-48,51-53H,3-39H2,1-2H3. The quantitative estimate of drug-likeness (QED) is 0.0347. The second kappa shape index (κ2) is 38.9. The molecule has 0 aliphatic carbocycles. The Morgan fingerprint density at radius 3 is 1.19 bits per heavy atom. The molecule has 0 radical (unpaired) electrons. The highest BCUT2D eigenvalue weighted by molar-refractivity contribution is 5.70. The topological polar surface area (TPSA) is 152 Å². The Hall–Kier alpha value is -1.30. The van der Waals surface area contributed by atoms with Crippen LogP contribution in [-0.2, 0) is 28.5 Å². The van der Waals surface area contributed by atoms with Gasteiger partial charge in [-0.05, 0) is 12.8 Å². The highest BCUT2D eigenvalue weighted by atomic mass is 16.7. The van der Waals surface area contributed by atoms with Gasteiger partial charge in [-0.2, -0.15) is 0 Å². The van der Waals surface area contributed by atoms with Crippen molar-refractivity contribution in [3.05, 3.63) is 0 Å². The Labute approximate surface area is 348 Å². The predicted molar refractivity (Wildman–Crippen MR) is 229 cm³/mol. The number of ether oxygens (including phenoxy) is 4. The van der Waals surface area contributed by atoms with E-state index in [0.717, 1.165) is 38.5 Å². The molecule has 0 spiro atoms. The summed E-state index contributed by atoms with van der Waals surface area (Å²) >= 11 is 0. The molecular weight excluding hydrogens is 725 g/mol. The molecular formula is C47H90O10. The van der Waals surface area contributed by atoms with E-state index in [9.17, 15) is 30.0 Å². The lowest BCUT2D eigenvalue weighted by Crippen LogP contribution is -2.59. The van der Waals surface area contributed by atoms with Gasteiger partial charge in [0.25, 0.3) is 0 Å². The minimum atomic E-state index is -1.59. The van der Waals surface area contributed by atoms with Gasteiger partial charge in [0.2, 0.25) is 0 Å². The maximum absolute atomic E-state index is 12.8. The number of carbonyl (C=O) groups is 2. The zero-order valence-corrected chi connectivity index (χ0v) is 36.9. The van der Waals surface area contributed by atoms with Gasteiger partial charge in [-0.15, -0.1) is 0 Å². The molecule has 338 valence electrons. The summed E-state index contributed by atoms with van der Waals surface area (Å²) in [5, 5.41) is 40.1. The molecule has 1 fully saturated rings. The number of unbranched alkanes of at least 4 members (excludes halogenated alkanes) is 30. The Balaban J connectivity index is 2.24. The number of carbonyl (C=O) groups excluding carboxylic acids is 2. The van der Waals surface area contributed by atoms with Crippen molar-refractivity contribution < 1.29 is 49.0 Å². The fraction of sp³-hybridized carbons (Fsp3) is 0.957. The van der Waals surface area contributed by atoms with E-state index in [4.69, 9.17) is 18.9 Å². The van der Waals surface area contributed by atoms with Crippen LogP contribution in [0.15, 0.2) is 0 Å². The molecule has 57 heavy (non-hydrogen) atoms. The van der Waals surface area contributed by atoms with Crippen LogP contribution in [0, 0.1) is 0 Å². The number of esters is 2. The van der Waals surface area contributed by atoms with Crippen molar-refractivity contribution in [3.8, 4) is 0 Å². The smallest absolute Gasteiger partial charge is 0.306 e. The van der Waals surface area contributed by atoms with Gasteiger partial charge in [-0.1, -0.05) is 206 Å². The molecule has 0 amide bonds. The van der Waals surface area contributed by atoms with E-state index in [2.05, 4.69) is 13.8 Å². The van der Waals surface area contributed by atoms with Crippen molar-refractivity contribution in [1.82, 2.24) is 0 Å². The van der Waals surface area contributed by atoms with Gasteiger partial charge < -0.3 is 39.4 Å². The van der Waals surface area contributed by atoms with E-state index in [-0.39, 0.29) is 32.0 Å². The van der Waals surface area contributed by atoms with Gasteiger partial charge in [-0.25, -0.2) is 0 Å². The Kier molecular flexibility index (Phi) is 36.6. The summed E-state index contributed by atoms with van der Waals surface area (Å²) in [6.07, 6.45) is 32.6. The second-order valence-electron chi connectivity index (χ2n) is 16.9. The molecule has 1 saturated heterocycles. The van der Waals surface area contributed by atoms with Crippen LogP contribution < -0.4 is 0 Å². The summed E-state index contributed by atoms with van der Waals surface area (Å²) in [7, 11) is 0. The van der Waals surface area contributed by atoms with Crippen molar-refractivity contribution in [3.63, 3.8) is 0 Å². The molecule has 0 aromatic rings. The lowest BCUT2D eigenvalue weighted by Gasteiger charge is -2.39. The Morgan fingerprint density at radius 2 is 0.825 bits per heavy atom. The molecule has 0 aromatic carbocycles. The number of hydrogen-bond acceptors (Lipinski definition) is 10. The molecule has 1 aliphatic heterocycles. The fourth-order valence-corrected chi connectivity index (χ4v) is 7.66. The van der Waals surface area contributed by atoms with Gasteiger partial charge in [0, 0.05) is 12.8 Å². The van der Waals surface area contributed by atoms with Crippen LogP contribution in [0.5, 0.6) is 0 Å². The molecule has 1 heterocycles. The number of aliphatic hydroxyl groups excluding tert-OH is 4. The normalized spacial score (nSPS) is 20.1. The monoisotopic (exact) mass is 815 g/mol. The fourth-order valence-electron chi connectivity index (χ4n) is 7.66. The van der Waals surface area contributed by atoms with Gasteiger partial charge in [0.05, 0.1) is 13.2 Å². The zero-order chi connectivity index (χ0) is 41.6. The highest BCUT2D eigenvalue weighted by Gasteiger charge is 2.44. The number of aliphatic hydroxyl groups is 4. The summed E-state index contributed by atoms with van der Waals surface area (Å²) in [6, 6.07) is 0. The maximum Gasteiger partial charge on any atom is 0.306 e. The van der Waals surface area contributed by atoms with Crippen LogP contribution in [0.1, 0.15) is 232 Å². The summed E-state index contributed by atoms with van der Waals surface area (Å²) in [4.78, 5) is 25.3. The number of rotatable bonds is 41.